The Morgan fingerprint density at radius 2 is 1.67 bits per heavy atom. The molecule has 0 amide bonds. The number of phenols is 1. The van der Waals surface area contributed by atoms with Crippen molar-refractivity contribution in [3.8, 4) is 17.2 Å². The van der Waals surface area contributed by atoms with Crippen molar-refractivity contribution in [2.75, 3.05) is 33.1 Å². The Labute approximate surface area is 139 Å². The number of phenolic OH excluding ortho intramolecular Hbond substituents is 1. The Morgan fingerprint density at radius 1 is 1.00 bits per heavy atom. The number of aromatic hydroxyl groups is 1. The molecule has 0 aliphatic carbocycles. The minimum absolute atomic E-state index is 0.139. The van der Waals surface area contributed by atoms with Gasteiger partial charge in [0.25, 0.3) is 0 Å². The lowest BCUT2D eigenvalue weighted by molar-refractivity contribution is 0.0235. The van der Waals surface area contributed by atoms with Crippen molar-refractivity contribution in [2.24, 2.45) is 0 Å². The molecule has 5 nitrogen and oxygen atoms in total. The molecule has 0 radical (unpaired) electrons. The molecule has 0 saturated carbocycles. The maximum atomic E-state index is 13.3. The van der Waals surface area contributed by atoms with Gasteiger partial charge in [-0.3, -0.25) is 4.90 Å². The third-order valence-electron chi connectivity index (χ3n) is 4.41. The summed E-state index contributed by atoms with van der Waals surface area (Å²) in [6.07, 6.45) is 0. The van der Waals surface area contributed by atoms with E-state index >= 15 is 0 Å². The molecule has 24 heavy (non-hydrogen) atoms. The lowest BCUT2D eigenvalue weighted by atomic mass is 9.95. The van der Waals surface area contributed by atoms with E-state index in [1.807, 2.05) is 0 Å². The van der Waals surface area contributed by atoms with E-state index in [2.05, 4.69) is 4.90 Å². The first-order chi connectivity index (χ1) is 11.7. The minimum Gasteiger partial charge on any atom is -0.507 e. The van der Waals surface area contributed by atoms with Crippen molar-refractivity contribution < 1.29 is 23.7 Å². The van der Waals surface area contributed by atoms with E-state index in [1.54, 1.807) is 24.3 Å². The molecule has 6 heteroatoms. The van der Waals surface area contributed by atoms with Crippen LogP contribution in [0.3, 0.4) is 0 Å². The van der Waals surface area contributed by atoms with Crippen LogP contribution in [-0.2, 0) is 4.74 Å². The van der Waals surface area contributed by atoms with Crippen LogP contribution in [0.25, 0.3) is 0 Å². The van der Waals surface area contributed by atoms with Crippen LogP contribution in [0.15, 0.2) is 36.4 Å². The van der Waals surface area contributed by atoms with Crippen LogP contribution in [0.4, 0.5) is 4.39 Å². The number of fused-ring (bicyclic) bond motifs is 1. The van der Waals surface area contributed by atoms with E-state index in [1.165, 1.54) is 12.1 Å². The summed E-state index contributed by atoms with van der Waals surface area (Å²) in [5, 5.41) is 10.5. The van der Waals surface area contributed by atoms with Gasteiger partial charge in [0.15, 0.2) is 11.5 Å². The van der Waals surface area contributed by atoms with Crippen LogP contribution in [-0.4, -0.2) is 43.1 Å². The van der Waals surface area contributed by atoms with Gasteiger partial charge < -0.3 is 19.3 Å². The average Bonchev–Trinajstić information content (AvgIpc) is 3.05. The zero-order valence-corrected chi connectivity index (χ0v) is 13.1. The smallest absolute Gasteiger partial charge is 0.231 e. The van der Waals surface area contributed by atoms with Gasteiger partial charge in [0.1, 0.15) is 11.6 Å². The second-order valence-corrected chi connectivity index (χ2v) is 5.87. The predicted octanol–water partition coefficient (Wildman–Crippen LogP) is 2.68. The summed E-state index contributed by atoms with van der Waals surface area (Å²) in [6, 6.07) is 9.55. The molecule has 4 rings (SSSR count). The third kappa shape index (κ3) is 2.79. The molecular formula is C18H18FNO4. The SMILES string of the molecule is Oc1cc2c(cc1C(c1ccc(F)cc1)N1CCOCC1)OCO2. The molecule has 2 heterocycles. The van der Waals surface area contributed by atoms with Gasteiger partial charge in [-0.2, -0.15) is 0 Å². The zero-order chi connectivity index (χ0) is 16.5. The van der Waals surface area contributed by atoms with E-state index in [0.29, 0.717) is 30.3 Å². The lowest BCUT2D eigenvalue weighted by Gasteiger charge is -2.35. The minimum atomic E-state index is -0.283. The van der Waals surface area contributed by atoms with Crippen molar-refractivity contribution >= 4 is 0 Å². The van der Waals surface area contributed by atoms with E-state index < -0.39 is 0 Å². The van der Waals surface area contributed by atoms with Crippen LogP contribution >= 0.6 is 0 Å². The predicted molar refractivity (Wildman–Crippen MR) is 84.9 cm³/mol. The lowest BCUT2D eigenvalue weighted by Crippen LogP contribution is -2.39. The van der Waals surface area contributed by atoms with Gasteiger partial charge in [0, 0.05) is 24.7 Å². The van der Waals surface area contributed by atoms with Crippen LogP contribution < -0.4 is 9.47 Å². The number of halogens is 1. The fourth-order valence-electron chi connectivity index (χ4n) is 3.23. The molecule has 2 aromatic rings. The topological polar surface area (TPSA) is 51.2 Å². The van der Waals surface area contributed by atoms with Crippen molar-refractivity contribution in [2.45, 2.75) is 6.04 Å². The molecule has 0 bridgehead atoms. The standard InChI is InChI=1S/C18H18FNO4/c19-13-3-1-12(2-4-13)18(20-5-7-22-8-6-20)14-9-16-17(10-15(14)21)24-11-23-16/h1-4,9-10,18,21H,5-8,11H2. The quantitative estimate of drug-likeness (QED) is 0.937. The summed E-state index contributed by atoms with van der Waals surface area (Å²) in [5.41, 5.74) is 1.63. The maximum absolute atomic E-state index is 13.3. The Morgan fingerprint density at radius 3 is 2.38 bits per heavy atom. The van der Waals surface area contributed by atoms with Gasteiger partial charge in [-0.25, -0.2) is 4.39 Å². The number of hydrogen-bond donors (Lipinski definition) is 1. The van der Waals surface area contributed by atoms with Gasteiger partial charge in [-0.1, -0.05) is 12.1 Å². The molecular weight excluding hydrogens is 313 g/mol. The highest BCUT2D eigenvalue weighted by Gasteiger charge is 2.29. The Bertz CT molecular complexity index is 729. The molecule has 1 unspecified atom stereocenters. The monoisotopic (exact) mass is 331 g/mol. The number of morpholine rings is 1. The highest BCUT2D eigenvalue weighted by atomic mass is 19.1. The van der Waals surface area contributed by atoms with E-state index in [9.17, 15) is 9.50 Å². The van der Waals surface area contributed by atoms with Gasteiger partial charge in [0.05, 0.1) is 19.3 Å². The van der Waals surface area contributed by atoms with Gasteiger partial charge in [0.2, 0.25) is 6.79 Å². The first kappa shape index (κ1) is 15.2. The molecule has 126 valence electrons. The second-order valence-electron chi connectivity index (χ2n) is 5.87. The average molecular weight is 331 g/mol. The van der Waals surface area contributed by atoms with Crippen LogP contribution in [0, 0.1) is 5.82 Å². The van der Waals surface area contributed by atoms with E-state index in [4.69, 9.17) is 14.2 Å². The fraction of sp³-hybridized carbons (Fsp3) is 0.333. The highest BCUT2D eigenvalue weighted by molar-refractivity contribution is 5.54. The molecule has 0 spiro atoms. The summed E-state index contributed by atoms with van der Waals surface area (Å²) >= 11 is 0. The summed E-state index contributed by atoms with van der Waals surface area (Å²) < 4.78 is 29.5. The number of benzene rings is 2. The van der Waals surface area contributed by atoms with Crippen LogP contribution in [0.1, 0.15) is 17.2 Å². The first-order valence-electron chi connectivity index (χ1n) is 7.92. The largest absolute Gasteiger partial charge is 0.507 e. The van der Waals surface area contributed by atoms with Gasteiger partial charge >= 0.3 is 0 Å². The Kier molecular flexibility index (Phi) is 4.00. The Hall–Kier alpha value is -2.31. The molecule has 2 aliphatic heterocycles. The van der Waals surface area contributed by atoms with Gasteiger partial charge in [-0.05, 0) is 23.8 Å². The van der Waals surface area contributed by atoms with Crippen molar-refractivity contribution in [3.63, 3.8) is 0 Å². The van der Waals surface area contributed by atoms with Crippen molar-refractivity contribution in [3.05, 3.63) is 53.3 Å². The van der Waals surface area contributed by atoms with Crippen LogP contribution in [0.2, 0.25) is 0 Å². The highest BCUT2D eigenvalue weighted by Crippen LogP contribution is 2.43. The van der Waals surface area contributed by atoms with E-state index in [0.717, 1.165) is 18.7 Å². The molecule has 1 saturated heterocycles. The maximum Gasteiger partial charge on any atom is 0.231 e. The van der Waals surface area contributed by atoms with E-state index in [-0.39, 0.29) is 24.4 Å². The first-order valence-corrected chi connectivity index (χ1v) is 7.92. The summed E-state index contributed by atoms with van der Waals surface area (Å²) in [5.74, 6) is 1.01. The normalized spacial score (nSPS) is 18.5. The molecule has 2 aromatic carbocycles. The fourth-order valence-corrected chi connectivity index (χ4v) is 3.23. The Balaban J connectivity index is 1.78. The van der Waals surface area contributed by atoms with Gasteiger partial charge in [-0.15, -0.1) is 0 Å². The summed E-state index contributed by atoms with van der Waals surface area (Å²) in [6.45, 7) is 2.87. The summed E-state index contributed by atoms with van der Waals surface area (Å²) in [4.78, 5) is 2.22. The number of hydrogen-bond acceptors (Lipinski definition) is 5. The zero-order valence-electron chi connectivity index (χ0n) is 13.1. The second kappa shape index (κ2) is 6.30. The van der Waals surface area contributed by atoms with Crippen molar-refractivity contribution in [1.29, 1.82) is 0 Å². The molecule has 0 aromatic heterocycles. The summed E-state index contributed by atoms with van der Waals surface area (Å²) in [7, 11) is 0. The molecule has 2 aliphatic rings. The number of ether oxygens (including phenoxy) is 3. The molecule has 1 fully saturated rings. The number of rotatable bonds is 3. The van der Waals surface area contributed by atoms with Crippen molar-refractivity contribution in [1.82, 2.24) is 4.90 Å². The van der Waals surface area contributed by atoms with Crippen LogP contribution in [0.5, 0.6) is 17.2 Å². The molecule has 1 N–H and O–H groups in total. The third-order valence-corrected chi connectivity index (χ3v) is 4.41. The number of nitrogens with zero attached hydrogens (tertiary/aromatic N) is 1. The molecule has 1 atom stereocenters.